The average Bonchev–Trinajstić information content (AvgIpc) is 2.53. The fraction of sp³-hybridized carbons (Fsp3) is 0.500. The standard InChI is InChI=1S/C14H21N3O5S/c1-20-12-5-4-11(10-13(12)21-2)15-14(16-23(3,18)19)17-6-8-22-9-7-17/h4-5,10H,6-9H2,1-3H3,(H,15,16). The molecule has 0 aromatic heterocycles. The van der Waals surface area contributed by atoms with Gasteiger partial charge in [-0.25, -0.2) is 8.42 Å². The first-order chi connectivity index (χ1) is 10.9. The van der Waals surface area contributed by atoms with Gasteiger partial charge in [-0.3, -0.25) is 0 Å². The summed E-state index contributed by atoms with van der Waals surface area (Å²) in [5.74, 6) is 1.40. The summed E-state index contributed by atoms with van der Waals surface area (Å²) in [7, 11) is -0.447. The summed E-state index contributed by atoms with van der Waals surface area (Å²) in [6.45, 7) is 2.18. The zero-order valence-electron chi connectivity index (χ0n) is 13.4. The predicted octanol–water partition coefficient (Wildman–Crippen LogP) is 0.763. The molecule has 0 unspecified atom stereocenters. The van der Waals surface area contributed by atoms with Crippen LogP contribution in [0.4, 0.5) is 5.69 Å². The van der Waals surface area contributed by atoms with E-state index in [-0.39, 0.29) is 5.96 Å². The number of hydrogen-bond acceptors (Lipinski definition) is 5. The van der Waals surface area contributed by atoms with Gasteiger partial charge in [0.25, 0.3) is 10.0 Å². The molecule has 23 heavy (non-hydrogen) atoms. The molecule has 1 aliphatic heterocycles. The molecule has 0 amide bonds. The minimum absolute atomic E-state index is 0.267. The van der Waals surface area contributed by atoms with Crippen LogP contribution in [0, 0.1) is 0 Å². The van der Waals surface area contributed by atoms with E-state index in [9.17, 15) is 8.42 Å². The molecular formula is C14H21N3O5S. The lowest BCUT2D eigenvalue weighted by atomic mass is 10.2. The van der Waals surface area contributed by atoms with Crippen molar-refractivity contribution in [1.82, 2.24) is 4.90 Å². The third-order valence-electron chi connectivity index (χ3n) is 3.20. The van der Waals surface area contributed by atoms with Crippen LogP contribution < -0.4 is 14.8 Å². The summed E-state index contributed by atoms with van der Waals surface area (Å²) >= 11 is 0. The Bertz CT molecular complexity index is 669. The molecule has 0 atom stereocenters. The normalized spacial score (nSPS) is 16.1. The second-order valence-corrected chi connectivity index (χ2v) is 6.59. The lowest BCUT2D eigenvalue weighted by molar-refractivity contribution is 0.0681. The highest BCUT2D eigenvalue weighted by Gasteiger charge is 2.18. The quantitative estimate of drug-likeness (QED) is 0.638. The molecule has 1 aromatic carbocycles. The number of ether oxygens (including phenoxy) is 3. The Morgan fingerprint density at radius 1 is 1.22 bits per heavy atom. The van der Waals surface area contributed by atoms with Crippen LogP contribution in [-0.2, 0) is 14.8 Å². The van der Waals surface area contributed by atoms with Crippen molar-refractivity contribution in [3.63, 3.8) is 0 Å². The monoisotopic (exact) mass is 343 g/mol. The van der Waals surface area contributed by atoms with E-state index in [1.807, 2.05) is 4.90 Å². The third-order valence-corrected chi connectivity index (χ3v) is 3.71. The number of nitrogens with zero attached hydrogens (tertiary/aromatic N) is 2. The van der Waals surface area contributed by atoms with E-state index in [0.717, 1.165) is 6.26 Å². The minimum Gasteiger partial charge on any atom is -0.493 e. The number of sulfonamides is 1. The van der Waals surface area contributed by atoms with Gasteiger partial charge in [-0.15, -0.1) is 4.40 Å². The fourth-order valence-electron chi connectivity index (χ4n) is 2.13. The molecule has 0 saturated carbocycles. The number of morpholine rings is 1. The number of anilines is 1. The highest BCUT2D eigenvalue weighted by atomic mass is 32.2. The Kier molecular flexibility index (Phi) is 5.67. The van der Waals surface area contributed by atoms with E-state index >= 15 is 0 Å². The van der Waals surface area contributed by atoms with Gasteiger partial charge in [0, 0.05) is 24.8 Å². The van der Waals surface area contributed by atoms with E-state index in [1.54, 1.807) is 25.3 Å². The van der Waals surface area contributed by atoms with Crippen molar-refractivity contribution in [2.24, 2.45) is 4.40 Å². The summed E-state index contributed by atoms with van der Waals surface area (Å²) in [5.41, 5.74) is 0.650. The molecular weight excluding hydrogens is 322 g/mol. The van der Waals surface area contributed by atoms with Gasteiger partial charge in [0.05, 0.1) is 33.7 Å². The van der Waals surface area contributed by atoms with Crippen LogP contribution in [0.15, 0.2) is 22.6 Å². The van der Waals surface area contributed by atoms with Crippen LogP contribution in [-0.4, -0.2) is 66.1 Å². The maximum atomic E-state index is 11.6. The highest BCUT2D eigenvalue weighted by Crippen LogP contribution is 2.29. The van der Waals surface area contributed by atoms with Crippen molar-refractivity contribution in [3.8, 4) is 11.5 Å². The van der Waals surface area contributed by atoms with Crippen molar-refractivity contribution in [3.05, 3.63) is 18.2 Å². The lowest BCUT2D eigenvalue weighted by Crippen LogP contribution is -2.44. The maximum absolute atomic E-state index is 11.6. The summed E-state index contributed by atoms with van der Waals surface area (Å²) in [6.07, 6.45) is 1.06. The molecule has 8 nitrogen and oxygen atoms in total. The van der Waals surface area contributed by atoms with Crippen LogP contribution in [0.2, 0.25) is 0 Å². The molecule has 1 fully saturated rings. The largest absolute Gasteiger partial charge is 0.493 e. The van der Waals surface area contributed by atoms with Gasteiger partial charge in [0.2, 0.25) is 5.96 Å². The zero-order chi connectivity index (χ0) is 16.9. The first-order valence-electron chi connectivity index (χ1n) is 7.04. The number of benzene rings is 1. The maximum Gasteiger partial charge on any atom is 0.253 e. The number of nitrogens with one attached hydrogen (secondary N) is 1. The van der Waals surface area contributed by atoms with Gasteiger partial charge in [0.1, 0.15) is 0 Å². The van der Waals surface area contributed by atoms with Gasteiger partial charge in [-0.2, -0.15) is 0 Å². The Balaban J connectivity index is 2.28. The third kappa shape index (κ3) is 5.00. The Labute approximate surface area is 136 Å². The molecule has 1 saturated heterocycles. The molecule has 1 aromatic rings. The Morgan fingerprint density at radius 2 is 1.87 bits per heavy atom. The van der Waals surface area contributed by atoms with Crippen LogP contribution in [0.1, 0.15) is 0 Å². The van der Waals surface area contributed by atoms with Crippen LogP contribution >= 0.6 is 0 Å². The number of rotatable bonds is 4. The van der Waals surface area contributed by atoms with E-state index in [0.29, 0.717) is 43.5 Å². The van der Waals surface area contributed by atoms with Crippen molar-refractivity contribution in [2.45, 2.75) is 0 Å². The van der Waals surface area contributed by atoms with Crippen molar-refractivity contribution in [1.29, 1.82) is 0 Å². The molecule has 1 aliphatic rings. The summed E-state index contributed by atoms with van der Waals surface area (Å²) < 4.78 is 42.7. The second-order valence-electron chi connectivity index (χ2n) is 4.94. The zero-order valence-corrected chi connectivity index (χ0v) is 14.2. The molecule has 0 bridgehead atoms. The Morgan fingerprint density at radius 3 is 2.43 bits per heavy atom. The summed E-state index contributed by atoms with van der Waals surface area (Å²) in [6, 6.07) is 5.22. The molecule has 1 heterocycles. The van der Waals surface area contributed by atoms with Gasteiger partial charge in [-0.05, 0) is 12.1 Å². The number of methoxy groups -OCH3 is 2. The Hall–Kier alpha value is -2.00. The van der Waals surface area contributed by atoms with Gasteiger partial charge in [0.15, 0.2) is 11.5 Å². The second kappa shape index (κ2) is 7.51. The predicted molar refractivity (Wildman–Crippen MR) is 87.8 cm³/mol. The fourth-order valence-corrected chi connectivity index (χ4v) is 2.61. The summed E-state index contributed by atoms with van der Waals surface area (Å²) in [5, 5.41) is 3.04. The van der Waals surface area contributed by atoms with Crippen LogP contribution in [0.5, 0.6) is 11.5 Å². The molecule has 9 heteroatoms. The first kappa shape index (κ1) is 17.4. The number of hydrogen-bond donors (Lipinski definition) is 1. The number of guanidine groups is 1. The van der Waals surface area contributed by atoms with Crippen LogP contribution in [0.25, 0.3) is 0 Å². The topological polar surface area (TPSA) is 89.5 Å². The average molecular weight is 343 g/mol. The van der Waals surface area contributed by atoms with Gasteiger partial charge in [-0.1, -0.05) is 0 Å². The van der Waals surface area contributed by atoms with Crippen molar-refractivity contribution < 1.29 is 22.6 Å². The molecule has 128 valence electrons. The molecule has 0 spiro atoms. The molecule has 0 radical (unpaired) electrons. The smallest absolute Gasteiger partial charge is 0.253 e. The lowest BCUT2D eigenvalue weighted by Gasteiger charge is -2.29. The SMILES string of the molecule is COc1ccc(N/C(=N/S(C)(=O)=O)N2CCOCC2)cc1OC. The van der Waals surface area contributed by atoms with E-state index in [4.69, 9.17) is 14.2 Å². The van der Waals surface area contributed by atoms with E-state index < -0.39 is 10.0 Å². The molecule has 1 N–H and O–H groups in total. The van der Waals surface area contributed by atoms with Gasteiger partial charge >= 0.3 is 0 Å². The van der Waals surface area contributed by atoms with Crippen LogP contribution in [0.3, 0.4) is 0 Å². The first-order valence-corrected chi connectivity index (χ1v) is 8.89. The minimum atomic E-state index is -3.53. The van der Waals surface area contributed by atoms with E-state index in [1.165, 1.54) is 7.11 Å². The highest BCUT2D eigenvalue weighted by molar-refractivity contribution is 7.89. The molecule has 0 aliphatic carbocycles. The van der Waals surface area contributed by atoms with Crippen molar-refractivity contribution >= 4 is 21.7 Å². The van der Waals surface area contributed by atoms with E-state index in [2.05, 4.69) is 9.71 Å². The molecule has 2 rings (SSSR count). The summed E-state index contributed by atoms with van der Waals surface area (Å²) in [4.78, 5) is 1.83. The van der Waals surface area contributed by atoms with Gasteiger partial charge < -0.3 is 24.4 Å². The van der Waals surface area contributed by atoms with Crippen molar-refractivity contribution in [2.75, 3.05) is 52.1 Å².